The van der Waals surface area contributed by atoms with E-state index in [2.05, 4.69) is 9.88 Å². The number of aromatic nitrogens is 3. The molecule has 7 nitrogen and oxygen atoms in total. The maximum absolute atomic E-state index is 13.9. The van der Waals surface area contributed by atoms with Crippen LogP contribution in [0, 0.1) is 12.7 Å². The van der Waals surface area contributed by atoms with E-state index in [4.69, 9.17) is 9.84 Å². The highest BCUT2D eigenvalue weighted by Gasteiger charge is 2.36. The predicted octanol–water partition coefficient (Wildman–Crippen LogP) is 5.93. The molecule has 0 saturated carbocycles. The Morgan fingerprint density at radius 2 is 1.74 bits per heavy atom. The number of ether oxygens (including phenoxy) is 1. The van der Waals surface area contributed by atoms with E-state index < -0.39 is 0 Å². The fraction of sp³-hybridized carbons (Fsp3) is 0.161. The zero-order chi connectivity index (χ0) is 26.9. The highest BCUT2D eigenvalue weighted by Crippen LogP contribution is 2.38. The van der Waals surface area contributed by atoms with Crippen LogP contribution in [-0.2, 0) is 13.1 Å². The summed E-state index contributed by atoms with van der Waals surface area (Å²) in [5, 5.41) is 7.94. The van der Waals surface area contributed by atoms with Crippen molar-refractivity contribution in [3.8, 4) is 17.3 Å². The third-order valence-electron chi connectivity index (χ3n) is 7.14. The van der Waals surface area contributed by atoms with Crippen LogP contribution in [0.1, 0.15) is 34.1 Å². The molecule has 0 aliphatic carbocycles. The summed E-state index contributed by atoms with van der Waals surface area (Å²) in [4.78, 5) is 15.7. The van der Waals surface area contributed by atoms with Crippen LogP contribution in [0.15, 0.2) is 97.2 Å². The molecule has 0 radical (unpaired) electrons. The standard InChI is InChI=1S/C31H28FN5O2/c1-21-27-20-36(31(38)33-19-22-10-14-24(32)15-11-22)29(23-12-16-26(39-2)17-13-23)28-9-6-18-35(28)30(27)37(34-21)25-7-4-3-5-8-25/h3-18,29H,19-20H2,1-2H3,(H,33,38)/t29-/m0/s1. The summed E-state index contributed by atoms with van der Waals surface area (Å²) in [6.45, 7) is 2.60. The lowest BCUT2D eigenvalue weighted by molar-refractivity contribution is 0.180. The fourth-order valence-electron chi connectivity index (χ4n) is 5.17. The number of hydrogen-bond donors (Lipinski definition) is 1. The van der Waals surface area contributed by atoms with Crippen molar-refractivity contribution in [2.24, 2.45) is 0 Å². The number of rotatable bonds is 5. The Kier molecular flexibility index (Phi) is 6.36. The SMILES string of the molecule is COc1ccc([C@H]2c3cccn3-c3c(c(C)nn3-c3ccccc3)CN2C(=O)NCc2ccc(F)cc2)cc1. The van der Waals surface area contributed by atoms with Crippen LogP contribution in [0.25, 0.3) is 11.5 Å². The summed E-state index contributed by atoms with van der Waals surface area (Å²) >= 11 is 0. The normalized spacial score (nSPS) is 14.3. The van der Waals surface area contributed by atoms with Crippen LogP contribution in [0.2, 0.25) is 0 Å². The molecule has 196 valence electrons. The molecule has 3 aromatic carbocycles. The highest BCUT2D eigenvalue weighted by molar-refractivity contribution is 5.76. The molecule has 0 spiro atoms. The summed E-state index contributed by atoms with van der Waals surface area (Å²) in [5.74, 6) is 1.34. The summed E-state index contributed by atoms with van der Waals surface area (Å²) in [5.41, 5.74) is 5.46. The zero-order valence-electron chi connectivity index (χ0n) is 21.7. The fourth-order valence-corrected chi connectivity index (χ4v) is 5.17. The summed E-state index contributed by atoms with van der Waals surface area (Å²) < 4.78 is 22.9. The summed E-state index contributed by atoms with van der Waals surface area (Å²) in [7, 11) is 1.63. The van der Waals surface area contributed by atoms with Gasteiger partial charge >= 0.3 is 6.03 Å². The number of nitrogens with one attached hydrogen (secondary N) is 1. The van der Waals surface area contributed by atoms with Gasteiger partial charge in [-0.25, -0.2) is 13.9 Å². The Morgan fingerprint density at radius 3 is 2.46 bits per heavy atom. The van der Waals surface area contributed by atoms with Crippen molar-refractivity contribution in [1.29, 1.82) is 0 Å². The molecule has 1 aliphatic heterocycles. The van der Waals surface area contributed by atoms with Gasteiger partial charge in [0.05, 0.1) is 36.8 Å². The molecule has 5 aromatic rings. The molecule has 0 bridgehead atoms. The number of urea groups is 1. The molecule has 1 aliphatic rings. The molecular formula is C31H28FN5O2. The van der Waals surface area contributed by atoms with Gasteiger partial charge in [0.15, 0.2) is 0 Å². The number of para-hydroxylation sites is 1. The Bertz CT molecular complexity index is 1610. The third-order valence-corrected chi connectivity index (χ3v) is 7.14. The lowest BCUT2D eigenvalue weighted by atomic mass is 10.0. The van der Waals surface area contributed by atoms with Crippen molar-refractivity contribution < 1.29 is 13.9 Å². The molecule has 0 fully saturated rings. The van der Waals surface area contributed by atoms with E-state index in [0.29, 0.717) is 6.54 Å². The number of carbonyl (C=O) groups is 1. The minimum absolute atomic E-state index is 0.229. The summed E-state index contributed by atoms with van der Waals surface area (Å²) in [6, 6.07) is 27.4. The number of fused-ring (bicyclic) bond motifs is 3. The van der Waals surface area contributed by atoms with E-state index in [1.165, 1.54) is 12.1 Å². The first-order chi connectivity index (χ1) is 19.0. The van der Waals surface area contributed by atoms with Gasteiger partial charge in [-0.3, -0.25) is 0 Å². The van der Waals surface area contributed by atoms with E-state index in [9.17, 15) is 9.18 Å². The van der Waals surface area contributed by atoms with Crippen molar-refractivity contribution in [1.82, 2.24) is 24.6 Å². The molecule has 8 heteroatoms. The van der Waals surface area contributed by atoms with Gasteiger partial charge in [0.2, 0.25) is 0 Å². The van der Waals surface area contributed by atoms with Crippen LogP contribution in [-0.4, -0.2) is 32.4 Å². The summed E-state index contributed by atoms with van der Waals surface area (Å²) in [6.07, 6.45) is 2.02. The lowest BCUT2D eigenvalue weighted by Crippen LogP contribution is -2.41. The van der Waals surface area contributed by atoms with Crippen LogP contribution < -0.4 is 10.1 Å². The van der Waals surface area contributed by atoms with Crippen molar-refractivity contribution in [3.63, 3.8) is 0 Å². The van der Waals surface area contributed by atoms with E-state index in [1.807, 2.05) is 89.4 Å². The molecule has 3 heterocycles. The molecule has 0 saturated heterocycles. The van der Waals surface area contributed by atoms with Crippen LogP contribution in [0.3, 0.4) is 0 Å². The zero-order valence-corrected chi connectivity index (χ0v) is 21.7. The number of halogens is 1. The van der Waals surface area contributed by atoms with Crippen molar-refractivity contribution in [3.05, 3.63) is 131 Å². The van der Waals surface area contributed by atoms with Gasteiger partial charge in [0, 0.05) is 18.3 Å². The molecule has 2 amide bonds. The highest BCUT2D eigenvalue weighted by atomic mass is 19.1. The first-order valence-electron chi connectivity index (χ1n) is 12.8. The van der Waals surface area contributed by atoms with Gasteiger partial charge in [0.1, 0.15) is 17.4 Å². The second-order valence-corrected chi connectivity index (χ2v) is 9.53. The van der Waals surface area contributed by atoms with Gasteiger partial charge in [-0.2, -0.15) is 5.10 Å². The number of aryl methyl sites for hydroxylation is 1. The van der Waals surface area contributed by atoms with Crippen LogP contribution >= 0.6 is 0 Å². The van der Waals surface area contributed by atoms with Gasteiger partial charge in [0.25, 0.3) is 0 Å². The Hall–Kier alpha value is -4.85. The average Bonchev–Trinajstić information content (AvgIpc) is 3.53. The topological polar surface area (TPSA) is 64.3 Å². The lowest BCUT2D eigenvalue weighted by Gasteiger charge is -2.31. The van der Waals surface area contributed by atoms with Gasteiger partial charge in [-0.05, 0) is 66.6 Å². The van der Waals surface area contributed by atoms with Crippen LogP contribution in [0.5, 0.6) is 5.75 Å². The van der Waals surface area contributed by atoms with E-state index in [0.717, 1.165) is 45.3 Å². The molecule has 0 unspecified atom stereocenters. The van der Waals surface area contributed by atoms with E-state index >= 15 is 0 Å². The first-order valence-corrected chi connectivity index (χ1v) is 12.8. The number of hydrogen-bond acceptors (Lipinski definition) is 3. The molecule has 1 atom stereocenters. The smallest absolute Gasteiger partial charge is 0.318 e. The molecular weight excluding hydrogens is 493 g/mol. The number of nitrogens with zero attached hydrogens (tertiary/aromatic N) is 4. The predicted molar refractivity (Wildman–Crippen MR) is 147 cm³/mol. The monoisotopic (exact) mass is 521 g/mol. The molecule has 1 N–H and O–H groups in total. The van der Waals surface area contributed by atoms with Gasteiger partial charge in [-0.1, -0.05) is 42.5 Å². The van der Waals surface area contributed by atoms with Crippen LogP contribution in [0.4, 0.5) is 9.18 Å². The van der Waals surface area contributed by atoms with E-state index in [-0.39, 0.29) is 24.4 Å². The minimum Gasteiger partial charge on any atom is -0.497 e. The minimum atomic E-state index is -0.379. The Labute approximate surface area is 226 Å². The first kappa shape index (κ1) is 24.5. The number of carbonyl (C=O) groups excluding carboxylic acids is 1. The molecule has 6 rings (SSSR count). The third kappa shape index (κ3) is 4.54. The maximum Gasteiger partial charge on any atom is 0.318 e. The molecule has 2 aromatic heterocycles. The second-order valence-electron chi connectivity index (χ2n) is 9.53. The maximum atomic E-state index is 13.9. The average molecular weight is 522 g/mol. The van der Waals surface area contributed by atoms with Crippen molar-refractivity contribution in [2.75, 3.05) is 7.11 Å². The Balaban J connectivity index is 1.46. The van der Waals surface area contributed by atoms with Gasteiger partial charge in [-0.15, -0.1) is 0 Å². The van der Waals surface area contributed by atoms with E-state index in [1.54, 1.807) is 19.2 Å². The second kappa shape index (κ2) is 10.1. The Morgan fingerprint density at radius 1 is 1.00 bits per heavy atom. The quantitative estimate of drug-likeness (QED) is 0.312. The molecule has 39 heavy (non-hydrogen) atoms. The van der Waals surface area contributed by atoms with Gasteiger partial charge < -0.3 is 19.5 Å². The largest absolute Gasteiger partial charge is 0.497 e. The number of amides is 2. The van der Waals surface area contributed by atoms with Crippen molar-refractivity contribution in [2.45, 2.75) is 26.1 Å². The van der Waals surface area contributed by atoms with Crippen molar-refractivity contribution >= 4 is 6.03 Å². The number of benzene rings is 3. The number of methoxy groups -OCH3 is 1.